The fourth-order valence-corrected chi connectivity index (χ4v) is 3.18. The Morgan fingerprint density at radius 1 is 1.04 bits per heavy atom. The second-order valence-electron chi connectivity index (χ2n) is 6.21. The lowest BCUT2D eigenvalue weighted by Gasteiger charge is -2.08. The number of carbonyl (C=O) groups is 1. The van der Waals surface area contributed by atoms with E-state index >= 15 is 0 Å². The molecule has 26 heavy (non-hydrogen) atoms. The molecule has 5 nitrogen and oxygen atoms in total. The van der Waals surface area contributed by atoms with Crippen LogP contribution in [0.25, 0.3) is 16.6 Å². The molecule has 0 unspecified atom stereocenters. The number of para-hydroxylation sites is 2. The van der Waals surface area contributed by atoms with Crippen LogP contribution in [0.1, 0.15) is 16.1 Å². The molecule has 0 bridgehead atoms. The van der Waals surface area contributed by atoms with E-state index in [1.807, 2.05) is 49.4 Å². The second kappa shape index (κ2) is 6.88. The van der Waals surface area contributed by atoms with Gasteiger partial charge >= 0.3 is 0 Å². The molecule has 0 radical (unpaired) electrons. The van der Waals surface area contributed by atoms with Crippen LogP contribution in [0, 0.1) is 6.92 Å². The van der Waals surface area contributed by atoms with E-state index in [0.29, 0.717) is 12.1 Å². The van der Waals surface area contributed by atoms with Crippen molar-refractivity contribution in [3.05, 3.63) is 84.3 Å². The highest BCUT2D eigenvalue weighted by Crippen LogP contribution is 2.15. The molecule has 0 spiro atoms. The number of nitrogens with zero attached hydrogens (tertiary/aromatic N) is 3. The molecule has 0 aliphatic heterocycles. The molecule has 0 aliphatic carbocycles. The maximum atomic E-state index is 12.5. The van der Waals surface area contributed by atoms with E-state index in [9.17, 15) is 4.79 Å². The fourth-order valence-electron chi connectivity index (χ4n) is 3.18. The molecule has 2 aromatic heterocycles. The highest BCUT2D eigenvalue weighted by Gasteiger charge is 2.14. The second-order valence-corrected chi connectivity index (χ2v) is 6.21. The number of aromatic nitrogens is 3. The number of benzene rings is 2. The van der Waals surface area contributed by atoms with E-state index in [0.717, 1.165) is 17.9 Å². The van der Waals surface area contributed by atoms with Crippen LogP contribution in [0.4, 0.5) is 0 Å². The minimum Gasteiger partial charge on any atom is -0.350 e. The Labute approximate surface area is 151 Å². The van der Waals surface area contributed by atoms with Gasteiger partial charge in [0.05, 0.1) is 23.1 Å². The van der Waals surface area contributed by atoms with Crippen molar-refractivity contribution in [3.8, 4) is 5.69 Å². The Morgan fingerprint density at radius 2 is 1.81 bits per heavy atom. The monoisotopic (exact) mass is 344 g/mol. The van der Waals surface area contributed by atoms with Crippen molar-refractivity contribution in [2.24, 2.45) is 0 Å². The molecule has 4 rings (SSSR count). The van der Waals surface area contributed by atoms with Gasteiger partial charge in [-0.25, -0.2) is 4.68 Å². The molecule has 5 heteroatoms. The molecule has 4 aromatic rings. The third-order valence-electron chi connectivity index (χ3n) is 4.57. The number of fused-ring (bicyclic) bond motifs is 1. The van der Waals surface area contributed by atoms with E-state index in [4.69, 9.17) is 0 Å². The smallest absolute Gasteiger partial charge is 0.254 e. The Kier molecular flexibility index (Phi) is 4.27. The minimum absolute atomic E-state index is 0.0962. The van der Waals surface area contributed by atoms with Crippen LogP contribution in [0.3, 0.4) is 0 Å². The molecule has 1 amide bonds. The van der Waals surface area contributed by atoms with E-state index < -0.39 is 0 Å². The molecular formula is C21H20N4O. The van der Waals surface area contributed by atoms with Gasteiger partial charge in [-0.3, -0.25) is 4.79 Å². The summed E-state index contributed by atoms with van der Waals surface area (Å²) in [5, 5.41) is 8.56. The number of nitrogens with one attached hydrogen (secondary N) is 1. The Bertz CT molecular complexity index is 1050. The lowest BCUT2D eigenvalue weighted by Crippen LogP contribution is -2.27. The summed E-state index contributed by atoms with van der Waals surface area (Å²) in [6.45, 7) is 3.20. The largest absolute Gasteiger partial charge is 0.350 e. The topological polar surface area (TPSA) is 51.9 Å². The summed E-state index contributed by atoms with van der Waals surface area (Å²) in [6, 6.07) is 20.1. The third-order valence-corrected chi connectivity index (χ3v) is 4.57. The van der Waals surface area contributed by atoms with Crippen LogP contribution in [0.15, 0.2) is 73.1 Å². The predicted molar refractivity (Wildman–Crippen MR) is 103 cm³/mol. The number of amides is 1. The summed E-state index contributed by atoms with van der Waals surface area (Å²) in [7, 11) is 0. The first-order chi connectivity index (χ1) is 12.7. The van der Waals surface area contributed by atoms with Gasteiger partial charge in [0.15, 0.2) is 0 Å². The first-order valence-electron chi connectivity index (χ1n) is 8.66. The molecular weight excluding hydrogens is 324 g/mol. The normalized spacial score (nSPS) is 11.0. The summed E-state index contributed by atoms with van der Waals surface area (Å²) >= 11 is 0. The van der Waals surface area contributed by atoms with Crippen LogP contribution >= 0.6 is 0 Å². The van der Waals surface area contributed by atoms with Crippen molar-refractivity contribution in [2.75, 3.05) is 6.54 Å². The van der Waals surface area contributed by atoms with Gasteiger partial charge in [-0.05, 0) is 36.6 Å². The van der Waals surface area contributed by atoms with Crippen molar-refractivity contribution < 1.29 is 4.79 Å². The van der Waals surface area contributed by atoms with E-state index in [-0.39, 0.29) is 5.91 Å². The first kappa shape index (κ1) is 16.1. The van der Waals surface area contributed by atoms with Gasteiger partial charge < -0.3 is 9.88 Å². The zero-order valence-corrected chi connectivity index (χ0v) is 14.6. The summed E-state index contributed by atoms with van der Waals surface area (Å²) in [4.78, 5) is 12.5. The molecule has 1 N–H and O–H groups in total. The van der Waals surface area contributed by atoms with Crippen LogP contribution in [-0.4, -0.2) is 26.8 Å². The summed E-state index contributed by atoms with van der Waals surface area (Å²) in [6.07, 6.45) is 3.68. The van der Waals surface area contributed by atoms with Crippen LogP contribution in [0.2, 0.25) is 0 Å². The first-order valence-corrected chi connectivity index (χ1v) is 8.66. The van der Waals surface area contributed by atoms with Crippen LogP contribution in [0.5, 0.6) is 0 Å². The van der Waals surface area contributed by atoms with Gasteiger partial charge in [0.1, 0.15) is 0 Å². The molecule has 0 saturated heterocycles. The molecule has 0 fully saturated rings. The molecule has 130 valence electrons. The maximum absolute atomic E-state index is 12.5. The maximum Gasteiger partial charge on any atom is 0.254 e. The lowest BCUT2D eigenvalue weighted by atomic mass is 10.2. The van der Waals surface area contributed by atoms with Gasteiger partial charge in [0.25, 0.3) is 5.91 Å². The third kappa shape index (κ3) is 2.99. The molecule has 0 saturated carbocycles. The zero-order chi connectivity index (χ0) is 17.9. The number of rotatable bonds is 5. The Balaban J connectivity index is 1.43. The highest BCUT2D eigenvalue weighted by molar-refractivity contribution is 5.95. The summed E-state index contributed by atoms with van der Waals surface area (Å²) in [5.74, 6) is -0.0962. The van der Waals surface area contributed by atoms with E-state index in [1.165, 1.54) is 10.9 Å². The molecule has 2 aromatic carbocycles. The zero-order valence-electron chi connectivity index (χ0n) is 14.6. The lowest BCUT2D eigenvalue weighted by molar-refractivity contribution is 0.0952. The van der Waals surface area contributed by atoms with Gasteiger partial charge in [-0.1, -0.05) is 36.4 Å². The number of hydrogen-bond acceptors (Lipinski definition) is 2. The van der Waals surface area contributed by atoms with E-state index in [1.54, 1.807) is 10.9 Å². The Morgan fingerprint density at radius 3 is 2.65 bits per heavy atom. The molecule has 0 atom stereocenters. The summed E-state index contributed by atoms with van der Waals surface area (Å²) in [5.41, 5.74) is 3.56. The molecule has 2 heterocycles. The van der Waals surface area contributed by atoms with E-state index in [2.05, 4.69) is 39.4 Å². The number of hydrogen-bond donors (Lipinski definition) is 1. The standard InChI is InChI=1S/C21H20N4O/c1-16-19(15-23-25(16)18-8-3-2-4-9-18)21(26)22-12-14-24-13-11-17-7-5-6-10-20(17)24/h2-11,13,15H,12,14H2,1H3,(H,22,26). The van der Waals surface area contributed by atoms with Crippen molar-refractivity contribution in [1.82, 2.24) is 19.7 Å². The average molecular weight is 344 g/mol. The minimum atomic E-state index is -0.0962. The highest BCUT2D eigenvalue weighted by atomic mass is 16.1. The van der Waals surface area contributed by atoms with Crippen molar-refractivity contribution in [2.45, 2.75) is 13.5 Å². The fraction of sp³-hybridized carbons (Fsp3) is 0.143. The van der Waals surface area contributed by atoms with Gasteiger partial charge in [0, 0.05) is 24.8 Å². The van der Waals surface area contributed by atoms with Gasteiger partial charge in [-0.15, -0.1) is 0 Å². The van der Waals surface area contributed by atoms with Gasteiger partial charge in [-0.2, -0.15) is 5.10 Å². The summed E-state index contributed by atoms with van der Waals surface area (Å²) < 4.78 is 3.93. The quantitative estimate of drug-likeness (QED) is 0.602. The van der Waals surface area contributed by atoms with Crippen molar-refractivity contribution in [1.29, 1.82) is 0 Å². The molecule has 0 aliphatic rings. The Hall–Kier alpha value is -3.34. The van der Waals surface area contributed by atoms with Gasteiger partial charge in [0.2, 0.25) is 0 Å². The van der Waals surface area contributed by atoms with Crippen molar-refractivity contribution in [3.63, 3.8) is 0 Å². The number of carbonyl (C=O) groups excluding carboxylic acids is 1. The average Bonchev–Trinajstić information content (AvgIpc) is 3.26. The van der Waals surface area contributed by atoms with Crippen LogP contribution in [-0.2, 0) is 6.54 Å². The predicted octanol–water partition coefficient (Wildman–Crippen LogP) is 3.57. The van der Waals surface area contributed by atoms with Crippen molar-refractivity contribution >= 4 is 16.8 Å². The SMILES string of the molecule is Cc1c(C(=O)NCCn2ccc3ccccc32)cnn1-c1ccccc1. The van der Waals surface area contributed by atoms with Crippen LogP contribution < -0.4 is 5.32 Å².